The summed E-state index contributed by atoms with van der Waals surface area (Å²) in [6.45, 7) is 5.36. The summed E-state index contributed by atoms with van der Waals surface area (Å²) >= 11 is 0. The quantitative estimate of drug-likeness (QED) is 0.218. The van der Waals surface area contributed by atoms with Gasteiger partial charge in [0, 0.05) is 67.0 Å². The Morgan fingerprint density at radius 3 is 1.76 bits per heavy atom. The Hall–Kier alpha value is -2.61. The van der Waals surface area contributed by atoms with Gasteiger partial charge in [0.2, 0.25) is 5.88 Å². The molecule has 0 N–H and O–H groups in total. The van der Waals surface area contributed by atoms with Crippen LogP contribution in [0.1, 0.15) is 74.6 Å². The molecule has 0 radical (unpaired) electrons. The monoisotopic (exact) mass is 467 g/mol. The van der Waals surface area contributed by atoms with E-state index in [1.165, 1.54) is 0 Å². The summed E-state index contributed by atoms with van der Waals surface area (Å²) in [6, 6.07) is 1.92. The molecule has 0 unspecified atom stereocenters. The first kappa shape index (κ1) is 27.6. The number of hydrogen-bond acceptors (Lipinski definition) is 6. The van der Waals surface area contributed by atoms with Crippen LogP contribution in [-0.4, -0.2) is 39.9 Å². The third-order valence-electron chi connectivity index (χ3n) is 5.22. The van der Waals surface area contributed by atoms with Crippen LogP contribution in [0.5, 0.6) is 5.88 Å². The molecule has 0 aliphatic heterocycles. The fourth-order valence-electron chi connectivity index (χ4n) is 3.47. The lowest BCUT2D eigenvalue weighted by Gasteiger charge is -2.18. The molecule has 0 saturated heterocycles. The van der Waals surface area contributed by atoms with Gasteiger partial charge in [-0.05, 0) is 18.2 Å². The van der Waals surface area contributed by atoms with Crippen LogP contribution in [0.4, 0.5) is 0 Å². The molecule has 0 aliphatic rings. The Morgan fingerprint density at radius 2 is 1.29 bits per heavy atom. The van der Waals surface area contributed by atoms with Crippen molar-refractivity contribution in [3.8, 4) is 29.6 Å². The van der Waals surface area contributed by atoms with Gasteiger partial charge in [-0.1, -0.05) is 50.4 Å². The van der Waals surface area contributed by atoms with Crippen LogP contribution < -0.4 is 4.74 Å². The molecule has 0 spiro atoms. The number of ether oxygens (including phenoxy) is 5. The number of nitrogens with zero attached hydrogens (tertiary/aromatic N) is 1. The normalized spacial score (nSPS) is 10.5. The lowest BCUT2D eigenvalue weighted by atomic mass is 9.90. The van der Waals surface area contributed by atoms with E-state index in [1.807, 2.05) is 12.3 Å². The first-order valence-electron chi connectivity index (χ1n) is 11.8. The zero-order valence-electron chi connectivity index (χ0n) is 21.2. The van der Waals surface area contributed by atoms with Gasteiger partial charge >= 0.3 is 0 Å². The van der Waals surface area contributed by atoms with E-state index >= 15 is 0 Å². The van der Waals surface area contributed by atoms with Crippen LogP contribution in [0.2, 0.25) is 0 Å². The van der Waals surface area contributed by atoms with E-state index in [2.05, 4.69) is 42.5 Å². The summed E-state index contributed by atoms with van der Waals surface area (Å²) in [6.07, 6.45) is 7.76. The molecule has 0 aliphatic carbocycles. The second-order valence-corrected chi connectivity index (χ2v) is 7.80. The average molecular weight is 468 g/mol. The molecule has 184 valence electrons. The molecule has 0 bridgehead atoms. The number of unbranched alkanes of at least 4 members (excludes halogenated alkanes) is 4. The minimum absolute atomic E-state index is 0.183. The van der Waals surface area contributed by atoms with Crippen molar-refractivity contribution < 1.29 is 23.7 Å². The number of fused-ring (bicyclic) bond motifs is 1. The van der Waals surface area contributed by atoms with Crippen LogP contribution in [0, 0.1) is 23.7 Å². The van der Waals surface area contributed by atoms with E-state index in [1.54, 1.807) is 21.3 Å². The van der Waals surface area contributed by atoms with E-state index in [0.29, 0.717) is 19.1 Å². The molecule has 0 fully saturated rings. The number of aromatic nitrogens is 1. The van der Waals surface area contributed by atoms with Gasteiger partial charge in [0.25, 0.3) is 0 Å². The summed E-state index contributed by atoms with van der Waals surface area (Å²) in [5.41, 5.74) is 3.63. The maximum Gasteiger partial charge on any atom is 0.213 e. The van der Waals surface area contributed by atoms with Crippen molar-refractivity contribution in [3.63, 3.8) is 0 Å². The van der Waals surface area contributed by atoms with Crippen LogP contribution in [0.15, 0.2) is 12.3 Å². The Bertz CT molecular complexity index is 1030. The highest BCUT2D eigenvalue weighted by atomic mass is 16.7. The summed E-state index contributed by atoms with van der Waals surface area (Å²) < 4.78 is 27.3. The molecule has 34 heavy (non-hydrogen) atoms. The molecule has 1 heterocycles. The van der Waals surface area contributed by atoms with Gasteiger partial charge in [0.1, 0.15) is 13.6 Å². The predicted octanol–water partition coefficient (Wildman–Crippen LogP) is 5.57. The van der Waals surface area contributed by atoms with Crippen LogP contribution in [0.3, 0.4) is 0 Å². The molecule has 6 nitrogen and oxygen atoms in total. The van der Waals surface area contributed by atoms with Crippen molar-refractivity contribution in [2.45, 2.75) is 65.6 Å². The number of rotatable bonds is 13. The maximum absolute atomic E-state index is 5.80. The third kappa shape index (κ3) is 8.01. The molecular formula is C28H37NO5. The topological polar surface area (TPSA) is 59.0 Å². The largest absolute Gasteiger partial charge is 0.481 e. The molecule has 6 heteroatoms. The molecule has 0 amide bonds. The highest BCUT2D eigenvalue weighted by Gasteiger charge is 2.19. The molecular weight excluding hydrogens is 430 g/mol. The molecule has 0 saturated carbocycles. The Balaban J connectivity index is 2.81. The molecule has 1 aromatic heterocycles. The molecule has 2 aromatic rings. The van der Waals surface area contributed by atoms with E-state index in [9.17, 15) is 0 Å². The minimum Gasteiger partial charge on any atom is -0.481 e. The molecule has 2 rings (SSSR count). The second kappa shape index (κ2) is 16.1. The lowest BCUT2D eigenvalue weighted by molar-refractivity contribution is -0.0395. The summed E-state index contributed by atoms with van der Waals surface area (Å²) in [7, 11) is 4.82. The van der Waals surface area contributed by atoms with E-state index in [-0.39, 0.29) is 13.6 Å². The van der Waals surface area contributed by atoms with Crippen molar-refractivity contribution in [1.82, 2.24) is 4.98 Å². The van der Waals surface area contributed by atoms with E-state index < -0.39 is 0 Å². The molecule has 1 aromatic carbocycles. The Kier molecular flexibility index (Phi) is 13.1. The fourth-order valence-corrected chi connectivity index (χ4v) is 3.47. The van der Waals surface area contributed by atoms with Gasteiger partial charge in [-0.15, -0.1) is 0 Å². The van der Waals surface area contributed by atoms with Crippen molar-refractivity contribution in [2.24, 2.45) is 0 Å². The standard InChI is InChI=1S/C28H37NO5/c1-6-8-10-12-14-22-23(15-13-11-9-7-2)27(19-34-21-31-4)25-17-29-28(32-5)16-24(25)26(22)18-33-20-30-3/h16-17H,6-11,18-21H2,1-5H3. The van der Waals surface area contributed by atoms with Gasteiger partial charge < -0.3 is 23.7 Å². The summed E-state index contributed by atoms with van der Waals surface area (Å²) in [4.78, 5) is 4.46. The van der Waals surface area contributed by atoms with Gasteiger partial charge in [-0.3, -0.25) is 0 Å². The second-order valence-electron chi connectivity index (χ2n) is 7.80. The van der Waals surface area contributed by atoms with Crippen LogP contribution in [0.25, 0.3) is 10.8 Å². The number of benzene rings is 1. The summed E-state index contributed by atoms with van der Waals surface area (Å²) in [5.74, 6) is 14.1. The average Bonchev–Trinajstić information content (AvgIpc) is 2.86. The zero-order valence-corrected chi connectivity index (χ0v) is 21.2. The van der Waals surface area contributed by atoms with Crippen molar-refractivity contribution in [3.05, 3.63) is 34.5 Å². The van der Waals surface area contributed by atoms with Gasteiger partial charge in [-0.25, -0.2) is 4.98 Å². The van der Waals surface area contributed by atoms with Crippen molar-refractivity contribution >= 4 is 10.8 Å². The predicted molar refractivity (Wildman–Crippen MR) is 134 cm³/mol. The smallest absolute Gasteiger partial charge is 0.213 e. The fraction of sp³-hybridized carbons (Fsp3) is 0.536. The first-order valence-corrected chi connectivity index (χ1v) is 11.8. The SMILES string of the molecule is CCCCC#Cc1c(C#CCCCC)c(COCOC)c2cc(OC)ncc2c1COCOC. The highest BCUT2D eigenvalue weighted by molar-refractivity contribution is 5.93. The van der Waals surface area contributed by atoms with Gasteiger partial charge in [-0.2, -0.15) is 0 Å². The Morgan fingerprint density at radius 1 is 0.765 bits per heavy atom. The van der Waals surface area contributed by atoms with Crippen LogP contribution in [-0.2, 0) is 32.2 Å². The van der Waals surface area contributed by atoms with Crippen molar-refractivity contribution in [1.29, 1.82) is 0 Å². The maximum atomic E-state index is 5.80. The van der Waals surface area contributed by atoms with Gasteiger partial charge in [0.05, 0.1) is 20.3 Å². The number of methoxy groups -OCH3 is 3. The lowest BCUT2D eigenvalue weighted by Crippen LogP contribution is -2.08. The van der Waals surface area contributed by atoms with Crippen molar-refractivity contribution in [2.75, 3.05) is 34.9 Å². The van der Waals surface area contributed by atoms with Gasteiger partial charge in [0.15, 0.2) is 0 Å². The number of hydrogen-bond donors (Lipinski definition) is 0. The van der Waals surface area contributed by atoms with Crippen LogP contribution >= 0.6 is 0 Å². The van der Waals surface area contributed by atoms with E-state index in [0.717, 1.165) is 71.6 Å². The zero-order chi connectivity index (χ0) is 24.6. The molecule has 0 atom stereocenters. The first-order chi connectivity index (χ1) is 16.7. The number of pyridine rings is 1. The Labute approximate surface area is 204 Å². The van der Waals surface area contributed by atoms with E-state index in [4.69, 9.17) is 23.7 Å². The third-order valence-corrected chi connectivity index (χ3v) is 5.22. The minimum atomic E-state index is 0.183. The highest BCUT2D eigenvalue weighted by Crippen LogP contribution is 2.33. The summed E-state index contributed by atoms with van der Waals surface area (Å²) in [5, 5.41) is 1.89.